The number of nitrogens with one attached hydrogen (secondary N) is 2. The van der Waals surface area contributed by atoms with E-state index in [9.17, 15) is 8.42 Å². The molecule has 108 valence electrons. The molecule has 0 amide bonds. The Kier molecular flexibility index (Phi) is 4.26. The fraction of sp³-hybridized carbons (Fsp3) is 0.250. The van der Waals surface area contributed by atoms with Gasteiger partial charge in [0, 0.05) is 31.0 Å². The largest absolute Gasteiger partial charge is 0.495 e. The molecule has 0 aliphatic carbocycles. The number of anilines is 1. The van der Waals surface area contributed by atoms with Gasteiger partial charge in [-0.05, 0) is 18.2 Å². The van der Waals surface area contributed by atoms with Crippen LogP contribution in [0, 0.1) is 0 Å². The molecule has 0 saturated carbocycles. The average molecular weight is 296 g/mol. The van der Waals surface area contributed by atoms with Crippen LogP contribution in [0.1, 0.15) is 5.82 Å². The van der Waals surface area contributed by atoms with Gasteiger partial charge in [-0.3, -0.25) is 0 Å². The van der Waals surface area contributed by atoms with Gasteiger partial charge in [0.15, 0.2) is 0 Å². The number of ether oxygens (including phenoxy) is 1. The van der Waals surface area contributed by atoms with Crippen LogP contribution in [0.4, 0.5) is 5.69 Å². The third-order valence-electron chi connectivity index (χ3n) is 2.69. The van der Waals surface area contributed by atoms with Crippen molar-refractivity contribution in [3.05, 3.63) is 36.4 Å². The summed E-state index contributed by atoms with van der Waals surface area (Å²) in [5.41, 5.74) is 5.98. The van der Waals surface area contributed by atoms with Crippen LogP contribution in [0.25, 0.3) is 0 Å². The standard InChI is InChI=1S/C12H16N4O3S/c1-19-10-3-2-9(13)8-11(10)20(17,18)16-5-4-12-14-6-7-15-12/h2-3,6-8,16H,4-5,13H2,1H3,(H,14,15). The Morgan fingerprint density at radius 1 is 1.45 bits per heavy atom. The highest BCUT2D eigenvalue weighted by molar-refractivity contribution is 7.89. The van der Waals surface area contributed by atoms with Gasteiger partial charge in [0.05, 0.1) is 7.11 Å². The van der Waals surface area contributed by atoms with Crippen LogP contribution in [0.15, 0.2) is 35.5 Å². The number of sulfonamides is 1. The number of aromatic nitrogens is 2. The summed E-state index contributed by atoms with van der Waals surface area (Å²) >= 11 is 0. The van der Waals surface area contributed by atoms with Crippen molar-refractivity contribution in [1.82, 2.24) is 14.7 Å². The first-order valence-corrected chi connectivity index (χ1v) is 7.42. The summed E-state index contributed by atoms with van der Waals surface area (Å²) < 4.78 is 32.0. The van der Waals surface area contributed by atoms with Crippen molar-refractivity contribution in [2.75, 3.05) is 19.4 Å². The summed E-state index contributed by atoms with van der Waals surface area (Å²) in [5.74, 6) is 0.969. The summed E-state index contributed by atoms with van der Waals surface area (Å²) in [4.78, 5) is 6.95. The molecule has 0 aliphatic heterocycles. The number of imidazole rings is 1. The minimum atomic E-state index is -3.68. The number of nitrogens with zero attached hydrogens (tertiary/aromatic N) is 1. The van der Waals surface area contributed by atoms with Gasteiger partial charge >= 0.3 is 0 Å². The molecule has 8 heteroatoms. The molecule has 7 nitrogen and oxygen atoms in total. The first-order chi connectivity index (χ1) is 9.53. The first kappa shape index (κ1) is 14.4. The maximum absolute atomic E-state index is 12.2. The van der Waals surface area contributed by atoms with Crippen molar-refractivity contribution in [2.24, 2.45) is 0 Å². The van der Waals surface area contributed by atoms with E-state index in [1.807, 2.05) is 0 Å². The third-order valence-corrected chi connectivity index (χ3v) is 4.17. The molecule has 0 atom stereocenters. The summed E-state index contributed by atoms with van der Waals surface area (Å²) in [6, 6.07) is 4.48. The van der Waals surface area contributed by atoms with Crippen molar-refractivity contribution < 1.29 is 13.2 Å². The molecule has 0 spiro atoms. The topological polar surface area (TPSA) is 110 Å². The van der Waals surface area contributed by atoms with Crippen molar-refractivity contribution in [2.45, 2.75) is 11.3 Å². The lowest BCUT2D eigenvalue weighted by molar-refractivity contribution is 0.402. The predicted molar refractivity (Wildman–Crippen MR) is 74.9 cm³/mol. The van der Waals surface area contributed by atoms with Gasteiger partial charge in [0.1, 0.15) is 16.5 Å². The number of rotatable bonds is 6. The second-order valence-corrected chi connectivity index (χ2v) is 5.83. The Labute approximate surface area is 117 Å². The van der Waals surface area contributed by atoms with Gasteiger partial charge in [-0.15, -0.1) is 0 Å². The van der Waals surface area contributed by atoms with Crippen molar-refractivity contribution in [1.29, 1.82) is 0 Å². The smallest absolute Gasteiger partial charge is 0.244 e. The second-order valence-electron chi connectivity index (χ2n) is 4.09. The second kappa shape index (κ2) is 5.93. The molecule has 0 bridgehead atoms. The minimum absolute atomic E-state index is 0.0273. The van der Waals surface area contributed by atoms with Crippen LogP contribution in [-0.4, -0.2) is 32.0 Å². The van der Waals surface area contributed by atoms with E-state index >= 15 is 0 Å². The zero-order chi connectivity index (χ0) is 14.6. The number of benzene rings is 1. The molecule has 0 radical (unpaired) electrons. The summed E-state index contributed by atoms with van der Waals surface area (Å²) in [7, 11) is -2.27. The van der Waals surface area contributed by atoms with Gasteiger partial charge < -0.3 is 15.5 Å². The quantitative estimate of drug-likeness (QED) is 0.673. The Morgan fingerprint density at radius 3 is 2.90 bits per heavy atom. The zero-order valence-corrected chi connectivity index (χ0v) is 11.8. The Bertz CT molecular complexity index is 668. The fourth-order valence-electron chi connectivity index (χ4n) is 1.72. The summed E-state index contributed by atoms with van der Waals surface area (Å²) in [5, 5.41) is 0. The van der Waals surface area contributed by atoms with Crippen molar-refractivity contribution >= 4 is 15.7 Å². The van der Waals surface area contributed by atoms with Crippen LogP contribution in [0.2, 0.25) is 0 Å². The number of nitrogens with two attached hydrogens (primary N) is 1. The molecular weight excluding hydrogens is 280 g/mol. The molecular formula is C12H16N4O3S. The monoisotopic (exact) mass is 296 g/mol. The molecule has 0 saturated heterocycles. The lowest BCUT2D eigenvalue weighted by Gasteiger charge is -2.11. The molecule has 1 aromatic carbocycles. The van der Waals surface area contributed by atoms with Gasteiger partial charge in [0.2, 0.25) is 10.0 Å². The molecule has 1 aromatic heterocycles. The average Bonchev–Trinajstić information content (AvgIpc) is 2.91. The lowest BCUT2D eigenvalue weighted by atomic mass is 10.3. The molecule has 2 aromatic rings. The van der Waals surface area contributed by atoms with Crippen molar-refractivity contribution in [3.63, 3.8) is 0 Å². The number of hydrogen-bond donors (Lipinski definition) is 3. The molecule has 0 unspecified atom stereocenters. The van der Waals surface area contributed by atoms with E-state index in [2.05, 4.69) is 14.7 Å². The highest BCUT2D eigenvalue weighted by Gasteiger charge is 2.19. The first-order valence-electron chi connectivity index (χ1n) is 5.94. The van der Waals surface area contributed by atoms with E-state index < -0.39 is 10.0 Å². The zero-order valence-electron chi connectivity index (χ0n) is 11.0. The number of methoxy groups -OCH3 is 1. The van der Waals surface area contributed by atoms with Crippen molar-refractivity contribution in [3.8, 4) is 5.75 Å². The van der Waals surface area contributed by atoms with E-state index in [0.717, 1.165) is 0 Å². The van der Waals surface area contributed by atoms with Crippen LogP contribution in [-0.2, 0) is 16.4 Å². The summed E-state index contributed by atoms with van der Waals surface area (Å²) in [6.07, 6.45) is 3.77. The molecule has 0 aliphatic rings. The SMILES string of the molecule is COc1ccc(N)cc1S(=O)(=O)NCCc1ncc[nH]1. The highest BCUT2D eigenvalue weighted by Crippen LogP contribution is 2.25. The Morgan fingerprint density at radius 2 is 2.25 bits per heavy atom. The van der Waals surface area contributed by atoms with E-state index in [-0.39, 0.29) is 17.2 Å². The molecule has 0 fully saturated rings. The molecule has 4 N–H and O–H groups in total. The lowest BCUT2D eigenvalue weighted by Crippen LogP contribution is -2.26. The van der Waals surface area contributed by atoms with Gasteiger partial charge in [0.25, 0.3) is 0 Å². The Balaban J connectivity index is 2.11. The number of H-pyrrole nitrogens is 1. The molecule has 20 heavy (non-hydrogen) atoms. The fourth-order valence-corrected chi connectivity index (χ4v) is 2.95. The minimum Gasteiger partial charge on any atom is -0.495 e. The van der Waals surface area contributed by atoms with Crippen LogP contribution in [0.3, 0.4) is 0 Å². The molecule has 1 heterocycles. The molecule has 2 rings (SSSR count). The Hall–Kier alpha value is -2.06. The summed E-state index contributed by atoms with van der Waals surface area (Å²) in [6.45, 7) is 0.230. The van der Waals surface area contributed by atoms with Gasteiger partial charge in [-0.25, -0.2) is 18.1 Å². The maximum Gasteiger partial charge on any atom is 0.244 e. The number of nitrogen functional groups attached to an aromatic ring is 1. The van der Waals surface area contributed by atoms with Gasteiger partial charge in [-0.1, -0.05) is 0 Å². The number of aromatic amines is 1. The van der Waals surface area contributed by atoms with Crippen LogP contribution in [0.5, 0.6) is 5.75 Å². The highest BCUT2D eigenvalue weighted by atomic mass is 32.2. The van der Waals surface area contributed by atoms with E-state index in [0.29, 0.717) is 17.9 Å². The van der Waals surface area contributed by atoms with E-state index in [1.54, 1.807) is 18.5 Å². The van der Waals surface area contributed by atoms with Crippen LogP contribution >= 0.6 is 0 Å². The maximum atomic E-state index is 12.2. The predicted octanol–water partition coefficient (Wildman–Crippen LogP) is 0.521. The third kappa shape index (κ3) is 3.28. The normalized spacial score (nSPS) is 11.4. The van der Waals surface area contributed by atoms with Crippen LogP contribution < -0.4 is 15.2 Å². The van der Waals surface area contributed by atoms with Gasteiger partial charge in [-0.2, -0.15) is 0 Å². The van der Waals surface area contributed by atoms with E-state index in [4.69, 9.17) is 10.5 Å². The number of hydrogen-bond acceptors (Lipinski definition) is 5. The van der Waals surface area contributed by atoms with E-state index in [1.165, 1.54) is 19.2 Å².